The molecule has 0 bridgehead atoms. The van der Waals surface area contributed by atoms with Crippen molar-refractivity contribution in [2.75, 3.05) is 20.2 Å². The molecular formula is C11H16N2O2S. The highest BCUT2D eigenvalue weighted by atomic mass is 32.1. The average molecular weight is 240 g/mol. The third-order valence-corrected chi connectivity index (χ3v) is 4.17. The van der Waals surface area contributed by atoms with Gasteiger partial charge < -0.3 is 10.1 Å². The predicted molar refractivity (Wildman–Crippen MR) is 63.0 cm³/mol. The van der Waals surface area contributed by atoms with Crippen LogP contribution in [-0.2, 0) is 4.74 Å². The molecule has 1 N–H and O–H groups in total. The summed E-state index contributed by atoms with van der Waals surface area (Å²) >= 11 is 1.49. The Labute approximate surface area is 99.0 Å². The van der Waals surface area contributed by atoms with E-state index >= 15 is 0 Å². The molecule has 1 aromatic heterocycles. The Morgan fingerprint density at radius 2 is 2.19 bits per heavy atom. The SMILES string of the molecule is COC(=O)c1sc(C2CCNCC2)nc1C. The number of esters is 1. The van der Waals surface area contributed by atoms with E-state index in [1.54, 1.807) is 0 Å². The molecule has 2 heterocycles. The van der Waals surface area contributed by atoms with Crippen LogP contribution in [0.5, 0.6) is 0 Å². The van der Waals surface area contributed by atoms with Gasteiger partial charge in [0.1, 0.15) is 4.88 Å². The highest BCUT2D eigenvalue weighted by Gasteiger charge is 2.22. The number of methoxy groups -OCH3 is 1. The normalized spacial score (nSPS) is 17.4. The van der Waals surface area contributed by atoms with Crippen molar-refractivity contribution in [2.45, 2.75) is 25.7 Å². The Morgan fingerprint density at radius 3 is 2.81 bits per heavy atom. The molecule has 16 heavy (non-hydrogen) atoms. The summed E-state index contributed by atoms with van der Waals surface area (Å²) in [6.45, 7) is 3.95. The topological polar surface area (TPSA) is 51.2 Å². The van der Waals surface area contributed by atoms with Crippen LogP contribution in [0.1, 0.15) is 39.1 Å². The molecule has 0 spiro atoms. The lowest BCUT2D eigenvalue weighted by Gasteiger charge is -2.20. The maximum Gasteiger partial charge on any atom is 0.349 e. The average Bonchev–Trinajstić information content (AvgIpc) is 2.71. The molecule has 1 saturated heterocycles. The molecule has 1 aromatic rings. The van der Waals surface area contributed by atoms with Gasteiger partial charge in [-0.05, 0) is 32.9 Å². The maximum absolute atomic E-state index is 11.5. The number of carbonyl (C=O) groups is 1. The van der Waals surface area contributed by atoms with E-state index in [1.165, 1.54) is 18.4 Å². The van der Waals surface area contributed by atoms with Crippen molar-refractivity contribution in [1.29, 1.82) is 0 Å². The van der Waals surface area contributed by atoms with Gasteiger partial charge in [-0.1, -0.05) is 0 Å². The standard InChI is InChI=1S/C11H16N2O2S/c1-7-9(11(14)15-2)16-10(13-7)8-3-5-12-6-4-8/h8,12H,3-6H2,1-2H3. The molecule has 1 fully saturated rings. The van der Waals surface area contributed by atoms with Gasteiger partial charge in [0, 0.05) is 5.92 Å². The summed E-state index contributed by atoms with van der Waals surface area (Å²) in [7, 11) is 1.41. The fourth-order valence-corrected chi connectivity index (χ4v) is 3.10. The summed E-state index contributed by atoms with van der Waals surface area (Å²) in [5, 5.41) is 4.41. The molecule has 1 aliphatic rings. The maximum atomic E-state index is 11.5. The van der Waals surface area contributed by atoms with Crippen molar-refractivity contribution in [3.8, 4) is 0 Å². The fourth-order valence-electron chi connectivity index (χ4n) is 1.94. The number of rotatable bonds is 2. The molecule has 1 aliphatic heterocycles. The zero-order chi connectivity index (χ0) is 11.5. The number of aromatic nitrogens is 1. The third-order valence-electron chi connectivity index (χ3n) is 2.87. The minimum absolute atomic E-state index is 0.268. The van der Waals surface area contributed by atoms with E-state index in [0.717, 1.165) is 36.6 Å². The van der Waals surface area contributed by atoms with Gasteiger partial charge in [0.25, 0.3) is 0 Å². The van der Waals surface area contributed by atoms with Crippen molar-refractivity contribution in [3.63, 3.8) is 0 Å². The quantitative estimate of drug-likeness (QED) is 0.799. The molecule has 5 heteroatoms. The Balaban J connectivity index is 2.19. The zero-order valence-corrected chi connectivity index (χ0v) is 10.4. The molecule has 4 nitrogen and oxygen atoms in total. The first kappa shape index (κ1) is 11.5. The highest BCUT2D eigenvalue weighted by molar-refractivity contribution is 7.13. The highest BCUT2D eigenvalue weighted by Crippen LogP contribution is 2.30. The number of nitrogens with one attached hydrogen (secondary N) is 1. The van der Waals surface area contributed by atoms with Gasteiger partial charge in [-0.3, -0.25) is 0 Å². The number of aryl methyl sites for hydroxylation is 1. The van der Waals surface area contributed by atoms with Gasteiger partial charge in [0.15, 0.2) is 0 Å². The number of piperidine rings is 1. The van der Waals surface area contributed by atoms with Crippen molar-refractivity contribution >= 4 is 17.3 Å². The smallest absolute Gasteiger partial charge is 0.349 e. The zero-order valence-electron chi connectivity index (χ0n) is 9.58. The molecule has 0 aliphatic carbocycles. The number of carbonyl (C=O) groups excluding carboxylic acids is 1. The Kier molecular flexibility index (Phi) is 3.56. The van der Waals surface area contributed by atoms with Gasteiger partial charge in [0.05, 0.1) is 17.8 Å². The van der Waals surface area contributed by atoms with E-state index in [-0.39, 0.29) is 5.97 Å². The van der Waals surface area contributed by atoms with E-state index in [1.807, 2.05) is 6.92 Å². The van der Waals surface area contributed by atoms with Crippen LogP contribution in [0.2, 0.25) is 0 Å². The lowest BCUT2D eigenvalue weighted by atomic mass is 9.99. The molecule has 88 valence electrons. The second kappa shape index (κ2) is 4.93. The number of thiazole rings is 1. The second-order valence-corrected chi connectivity index (χ2v) is 5.01. The van der Waals surface area contributed by atoms with Crippen molar-refractivity contribution in [2.24, 2.45) is 0 Å². The largest absolute Gasteiger partial charge is 0.465 e. The molecule has 0 aromatic carbocycles. The summed E-state index contributed by atoms with van der Waals surface area (Å²) in [5.41, 5.74) is 0.797. The molecule has 0 atom stereocenters. The van der Waals surface area contributed by atoms with Crippen LogP contribution in [0.3, 0.4) is 0 Å². The molecule has 0 unspecified atom stereocenters. The van der Waals surface area contributed by atoms with Crippen molar-refractivity contribution in [3.05, 3.63) is 15.6 Å². The van der Waals surface area contributed by atoms with Gasteiger partial charge in [-0.15, -0.1) is 11.3 Å². The number of ether oxygens (including phenoxy) is 1. The van der Waals surface area contributed by atoms with Crippen LogP contribution in [0.15, 0.2) is 0 Å². The van der Waals surface area contributed by atoms with Crippen LogP contribution >= 0.6 is 11.3 Å². The summed E-state index contributed by atoms with van der Waals surface area (Å²) in [6, 6.07) is 0. The Bertz CT molecular complexity index is 383. The summed E-state index contributed by atoms with van der Waals surface area (Å²) in [4.78, 5) is 16.6. The summed E-state index contributed by atoms with van der Waals surface area (Å²) in [6.07, 6.45) is 2.21. The predicted octanol–water partition coefficient (Wildman–Crippen LogP) is 1.71. The van der Waals surface area contributed by atoms with Crippen LogP contribution in [0.25, 0.3) is 0 Å². The summed E-state index contributed by atoms with van der Waals surface area (Å²) in [5.74, 6) is 0.235. The fraction of sp³-hybridized carbons (Fsp3) is 0.636. The second-order valence-electron chi connectivity index (χ2n) is 3.98. The number of hydrogen-bond acceptors (Lipinski definition) is 5. The molecule has 0 saturated carbocycles. The van der Waals surface area contributed by atoms with Crippen LogP contribution < -0.4 is 5.32 Å². The Morgan fingerprint density at radius 1 is 1.50 bits per heavy atom. The van der Waals surface area contributed by atoms with E-state index in [9.17, 15) is 4.79 Å². The van der Waals surface area contributed by atoms with E-state index in [4.69, 9.17) is 4.74 Å². The first-order chi connectivity index (χ1) is 7.72. The third kappa shape index (κ3) is 2.25. The monoisotopic (exact) mass is 240 g/mol. The lowest BCUT2D eigenvalue weighted by Crippen LogP contribution is -2.26. The van der Waals surface area contributed by atoms with Crippen LogP contribution in [0.4, 0.5) is 0 Å². The minimum Gasteiger partial charge on any atom is -0.465 e. The van der Waals surface area contributed by atoms with Crippen molar-refractivity contribution in [1.82, 2.24) is 10.3 Å². The first-order valence-electron chi connectivity index (χ1n) is 5.48. The van der Waals surface area contributed by atoms with Gasteiger partial charge in [-0.2, -0.15) is 0 Å². The van der Waals surface area contributed by atoms with E-state index < -0.39 is 0 Å². The van der Waals surface area contributed by atoms with E-state index in [2.05, 4.69) is 10.3 Å². The van der Waals surface area contributed by atoms with Crippen LogP contribution in [0, 0.1) is 6.92 Å². The van der Waals surface area contributed by atoms with Gasteiger partial charge in [0.2, 0.25) is 0 Å². The minimum atomic E-state index is -0.268. The number of nitrogens with zero attached hydrogens (tertiary/aromatic N) is 1. The molecular weight excluding hydrogens is 224 g/mol. The van der Waals surface area contributed by atoms with Crippen molar-refractivity contribution < 1.29 is 9.53 Å². The van der Waals surface area contributed by atoms with E-state index in [0.29, 0.717) is 10.8 Å². The Hall–Kier alpha value is -0.940. The molecule has 0 radical (unpaired) electrons. The molecule has 0 amide bonds. The van der Waals surface area contributed by atoms with Gasteiger partial charge in [-0.25, -0.2) is 9.78 Å². The number of hydrogen-bond donors (Lipinski definition) is 1. The lowest BCUT2D eigenvalue weighted by molar-refractivity contribution is 0.0605. The first-order valence-corrected chi connectivity index (χ1v) is 6.30. The van der Waals surface area contributed by atoms with Crippen LogP contribution in [-0.4, -0.2) is 31.2 Å². The summed E-state index contributed by atoms with van der Waals surface area (Å²) < 4.78 is 4.74. The molecule has 2 rings (SSSR count). The van der Waals surface area contributed by atoms with Gasteiger partial charge >= 0.3 is 5.97 Å².